The summed E-state index contributed by atoms with van der Waals surface area (Å²) < 4.78 is 22.2. The van der Waals surface area contributed by atoms with E-state index in [0.29, 0.717) is 45.7 Å². The molecule has 3 rings (SSSR count). The van der Waals surface area contributed by atoms with Crippen LogP contribution in [0.2, 0.25) is 0 Å². The van der Waals surface area contributed by atoms with Crippen LogP contribution in [0.1, 0.15) is 43.8 Å². The molecular weight excluding hydrogens is 436 g/mol. The number of thioether (sulfide) groups is 2. The van der Waals surface area contributed by atoms with Crippen molar-refractivity contribution in [3.8, 4) is 0 Å². The highest BCUT2D eigenvalue weighted by atomic mass is 32.2. The van der Waals surface area contributed by atoms with Gasteiger partial charge in [0.25, 0.3) is 0 Å². The van der Waals surface area contributed by atoms with Crippen LogP contribution in [0.15, 0.2) is 29.6 Å². The Kier molecular flexibility index (Phi) is 7.04. The topological polar surface area (TPSA) is 105 Å². The third-order valence-corrected chi connectivity index (χ3v) is 7.05. The van der Waals surface area contributed by atoms with Crippen LogP contribution < -0.4 is 0 Å². The number of aromatic nitrogens is 2. The van der Waals surface area contributed by atoms with E-state index < -0.39 is 11.9 Å². The minimum atomic E-state index is -0.416. The Morgan fingerprint density at radius 1 is 0.897 bits per heavy atom. The minimum absolute atomic E-state index is 0.416. The molecule has 0 fully saturated rings. The number of carbonyl (C=O) groups excluding carboxylic acids is 2. The van der Waals surface area contributed by atoms with Crippen molar-refractivity contribution in [2.45, 2.75) is 34.0 Å². The number of ether oxygens (including phenoxy) is 2. The van der Waals surface area contributed by atoms with Crippen LogP contribution in [0.3, 0.4) is 0 Å². The zero-order valence-corrected chi connectivity index (χ0v) is 18.6. The van der Waals surface area contributed by atoms with E-state index in [1.165, 1.54) is 49.1 Å². The Morgan fingerprint density at radius 2 is 1.31 bits per heavy atom. The normalized spacial score (nSPS) is 10.9. The monoisotopic (exact) mass is 454 g/mol. The van der Waals surface area contributed by atoms with Crippen LogP contribution in [0.5, 0.6) is 0 Å². The van der Waals surface area contributed by atoms with E-state index in [1.54, 1.807) is 26.0 Å². The molecule has 0 aliphatic heterocycles. The van der Waals surface area contributed by atoms with Crippen molar-refractivity contribution in [3.05, 3.63) is 46.3 Å². The Morgan fingerprint density at radius 3 is 1.69 bits per heavy atom. The Balaban J connectivity index is 1.55. The lowest BCUT2D eigenvalue weighted by Gasteiger charge is -1.93. The molecule has 0 bridgehead atoms. The summed E-state index contributed by atoms with van der Waals surface area (Å²) in [7, 11) is 2.67. The van der Waals surface area contributed by atoms with Crippen molar-refractivity contribution < 1.29 is 27.9 Å². The van der Waals surface area contributed by atoms with Crippen molar-refractivity contribution in [2.24, 2.45) is 0 Å². The summed E-state index contributed by atoms with van der Waals surface area (Å²) in [6.45, 7) is 3.45. The van der Waals surface area contributed by atoms with Gasteiger partial charge in [-0.2, -0.15) is 0 Å². The number of nitrogens with zero attached hydrogens (tertiary/aromatic N) is 2. The Hall–Kier alpha value is -2.24. The second-order valence-corrected chi connectivity index (χ2v) is 9.18. The molecule has 3 aromatic rings. The van der Waals surface area contributed by atoms with Gasteiger partial charge in [0, 0.05) is 0 Å². The van der Waals surface area contributed by atoms with Gasteiger partial charge in [0.1, 0.15) is 34.2 Å². The van der Waals surface area contributed by atoms with Crippen LogP contribution in [-0.2, 0) is 21.0 Å². The van der Waals surface area contributed by atoms with Gasteiger partial charge in [-0.05, 0) is 26.0 Å². The minimum Gasteiger partial charge on any atom is -0.465 e. The van der Waals surface area contributed by atoms with E-state index in [0.717, 1.165) is 8.68 Å². The summed E-state index contributed by atoms with van der Waals surface area (Å²) in [5, 5.41) is 8.32. The molecule has 8 nitrogen and oxygen atoms in total. The third kappa shape index (κ3) is 5.22. The smallest absolute Gasteiger partial charge is 0.341 e. The van der Waals surface area contributed by atoms with Gasteiger partial charge in [0.05, 0.1) is 25.7 Å². The van der Waals surface area contributed by atoms with E-state index in [2.05, 4.69) is 10.2 Å². The maximum absolute atomic E-state index is 11.6. The molecule has 0 aliphatic carbocycles. The van der Waals surface area contributed by atoms with E-state index >= 15 is 0 Å². The van der Waals surface area contributed by atoms with E-state index in [-0.39, 0.29) is 0 Å². The van der Waals surface area contributed by atoms with Crippen molar-refractivity contribution in [1.82, 2.24) is 10.2 Å². The van der Waals surface area contributed by atoms with Crippen LogP contribution in [0.25, 0.3) is 0 Å². The number of furan rings is 2. The number of hydrogen-bond acceptors (Lipinski definition) is 11. The lowest BCUT2D eigenvalue weighted by Crippen LogP contribution is -2.00. The summed E-state index contributed by atoms with van der Waals surface area (Å²) in [5.41, 5.74) is 0.855. The molecule has 0 saturated carbocycles. The van der Waals surface area contributed by atoms with Gasteiger partial charge in [-0.3, -0.25) is 0 Å². The maximum Gasteiger partial charge on any atom is 0.341 e. The molecule has 0 aromatic carbocycles. The number of aryl methyl sites for hydroxylation is 2. The second kappa shape index (κ2) is 9.51. The van der Waals surface area contributed by atoms with Crippen LogP contribution in [0.4, 0.5) is 0 Å². The van der Waals surface area contributed by atoms with Gasteiger partial charge in [0.15, 0.2) is 8.68 Å². The summed E-state index contributed by atoms with van der Waals surface area (Å²) in [4.78, 5) is 23.3. The van der Waals surface area contributed by atoms with E-state index in [1.807, 2.05) is 0 Å². The number of carbonyl (C=O) groups is 2. The molecule has 3 heterocycles. The molecule has 0 saturated heterocycles. The van der Waals surface area contributed by atoms with Crippen LogP contribution >= 0.6 is 34.9 Å². The zero-order valence-electron chi connectivity index (χ0n) is 16.1. The standard InChI is InChI=1S/C18H18N2O6S3/c1-9-13(15(21)23-3)5-11(25-9)7-27-17-19-20-18(29-17)28-8-12-6-14(10(2)26-12)16(22)24-4/h5-6H,7-8H2,1-4H3. The Bertz CT molecular complexity index is 944. The highest BCUT2D eigenvalue weighted by molar-refractivity contribution is 8.02. The van der Waals surface area contributed by atoms with Gasteiger partial charge in [-0.15, -0.1) is 10.2 Å². The summed E-state index contributed by atoms with van der Waals surface area (Å²) >= 11 is 4.40. The predicted molar refractivity (Wildman–Crippen MR) is 109 cm³/mol. The maximum atomic E-state index is 11.6. The number of rotatable bonds is 8. The lowest BCUT2D eigenvalue weighted by atomic mass is 10.2. The van der Waals surface area contributed by atoms with Crippen LogP contribution in [0, 0.1) is 13.8 Å². The second-order valence-electron chi connectivity index (χ2n) is 5.76. The third-order valence-electron chi connectivity index (χ3n) is 3.81. The molecule has 0 N–H and O–H groups in total. The molecule has 0 amide bonds. The highest BCUT2D eigenvalue weighted by Crippen LogP contribution is 2.33. The number of hydrogen-bond donors (Lipinski definition) is 0. The fourth-order valence-corrected chi connectivity index (χ4v) is 5.22. The molecule has 0 aliphatic rings. The Labute approximate surface area is 179 Å². The SMILES string of the molecule is COC(=O)c1cc(CSc2nnc(SCc3cc(C(=O)OC)c(C)o3)s2)oc1C. The van der Waals surface area contributed by atoms with Gasteiger partial charge >= 0.3 is 11.9 Å². The van der Waals surface area contributed by atoms with Gasteiger partial charge in [-0.25, -0.2) is 9.59 Å². The highest BCUT2D eigenvalue weighted by Gasteiger charge is 2.17. The first-order chi connectivity index (χ1) is 13.9. The van der Waals surface area contributed by atoms with Gasteiger partial charge in [0.2, 0.25) is 0 Å². The largest absolute Gasteiger partial charge is 0.465 e. The first kappa shape index (κ1) is 21.5. The molecule has 0 spiro atoms. The first-order valence-corrected chi connectivity index (χ1v) is 11.1. The molecule has 29 heavy (non-hydrogen) atoms. The summed E-state index contributed by atoms with van der Waals surface area (Å²) in [6, 6.07) is 3.37. The van der Waals surface area contributed by atoms with Crippen molar-refractivity contribution in [3.63, 3.8) is 0 Å². The molecule has 0 atom stereocenters. The molecule has 0 unspecified atom stereocenters. The van der Waals surface area contributed by atoms with Gasteiger partial charge in [-0.1, -0.05) is 34.9 Å². The quantitative estimate of drug-likeness (QED) is 0.357. The first-order valence-electron chi connectivity index (χ1n) is 8.35. The van der Waals surface area contributed by atoms with Crippen molar-refractivity contribution >= 4 is 46.8 Å². The van der Waals surface area contributed by atoms with E-state index in [9.17, 15) is 9.59 Å². The zero-order chi connectivity index (χ0) is 21.0. The van der Waals surface area contributed by atoms with Crippen molar-refractivity contribution in [2.75, 3.05) is 14.2 Å². The summed E-state index contributed by atoms with van der Waals surface area (Å²) in [6.07, 6.45) is 0. The van der Waals surface area contributed by atoms with Crippen LogP contribution in [-0.4, -0.2) is 36.4 Å². The molecule has 0 radical (unpaired) electrons. The molecular formula is C18H18N2O6S3. The lowest BCUT2D eigenvalue weighted by molar-refractivity contribution is 0.0589. The fourth-order valence-electron chi connectivity index (χ4n) is 2.43. The fraction of sp³-hybridized carbons (Fsp3) is 0.333. The van der Waals surface area contributed by atoms with E-state index in [4.69, 9.17) is 18.3 Å². The molecule has 154 valence electrons. The van der Waals surface area contributed by atoms with Gasteiger partial charge < -0.3 is 18.3 Å². The average Bonchev–Trinajstić information content (AvgIpc) is 3.42. The number of methoxy groups -OCH3 is 2. The average molecular weight is 455 g/mol. The summed E-state index contributed by atoms with van der Waals surface area (Å²) in [5.74, 6) is 2.61. The predicted octanol–water partition coefficient (Wildman–Crippen LogP) is 4.50. The molecule has 3 aromatic heterocycles. The number of esters is 2. The molecule has 11 heteroatoms. The van der Waals surface area contributed by atoms with Crippen molar-refractivity contribution in [1.29, 1.82) is 0 Å².